The van der Waals surface area contributed by atoms with E-state index in [-0.39, 0.29) is 5.69 Å². The molecule has 0 aliphatic carbocycles. The van der Waals surface area contributed by atoms with Crippen molar-refractivity contribution >= 4 is 21.7 Å². The fourth-order valence-electron chi connectivity index (χ4n) is 1.67. The van der Waals surface area contributed by atoms with Gasteiger partial charge in [0.05, 0.1) is 0 Å². The van der Waals surface area contributed by atoms with Gasteiger partial charge >= 0.3 is 6.03 Å². The van der Waals surface area contributed by atoms with E-state index >= 15 is 0 Å². The fraction of sp³-hybridized carbons (Fsp3) is 0.500. The number of hydrogen-bond donors (Lipinski definition) is 3. The van der Waals surface area contributed by atoms with Gasteiger partial charge in [0.25, 0.3) is 0 Å². The van der Waals surface area contributed by atoms with Crippen LogP contribution in [-0.2, 0) is 14.8 Å². The molecule has 0 saturated carbocycles. The molecule has 0 aliphatic rings. The third-order valence-electron chi connectivity index (χ3n) is 2.70. The Labute approximate surface area is 135 Å². The normalized spacial score (nSPS) is 11.5. The Bertz CT molecular complexity index is 635. The maximum atomic E-state index is 13.4. The van der Waals surface area contributed by atoms with E-state index in [1.165, 1.54) is 6.07 Å². The van der Waals surface area contributed by atoms with Crippen molar-refractivity contribution in [2.24, 2.45) is 11.1 Å². The van der Waals surface area contributed by atoms with Gasteiger partial charge in [0.2, 0.25) is 10.0 Å². The Balaban J connectivity index is 2.43. The molecule has 1 aromatic rings. The summed E-state index contributed by atoms with van der Waals surface area (Å²) in [6, 6.07) is 2.61. The number of carbonyl (C=O) groups is 1. The first kappa shape index (κ1) is 19.3. The molecule has 130 valence electrons. The zero-order valence-corrected chi connectivity index (χ0v) is 14.0. The average Bonchev–Trinajstić information content (AvgIpc) is 2.43. The van der Waals surface area contributed by atoms with Crippen molar-refractivity contribution in [3.63, 3.8) is 0 Å². The first-order valence-electron chi connectivity index (χ1n) is 7.15. The maximum absolute atomic E-state index is 13.4. The summed E-state index contributed by atoms with van der Waals surface area (Å²) < 4.78 is 41.2. The number of nitrogens with two attached hydrogens (primary N) is 1. The van der Waals surface area contributed by atoms with E-state index in [1.54, 1.807) is 0 Å². The Morgan fingerprint density at radius 2 is 2.09 bits per heavy atom. The summed E-state index contributed by atoms with van der Waals surface area (Å²) in [5.41, 5.74) is 0.129. The maximum Gasteiger partial charge on any atom is 0.319 e. The molecule has 23 heavy (non-hydrogen) atoms. The molecule has 2 amide bonds. The van der Waals surface area contributed by atoms with E-state index in [2.05, 4.69) is 10.6 Å². The number of anilines is 1. The van der Waals surface area contributed by atoms with Crippen LogP contribution in [0.15, 0.2) is 23.1 Å². The van der Waals surface area contributed by atoms with Gasteiger partial charge in [-0.1, -0.05) is 13.8 Å². The lowest BCUT2D eigenvalue weighted by molar-refractivity contribution is 0.108. The molecule has 0 saturated heterocycles. The zero-order valence-electron chi connectivity index (χ0n) is 13.1. The van der Waals surface area contributed by atoms with Crippen molar-refractivity contribution in [3.05, 3.63) is 24.0 Å². The summed E-state index contributed by atoms with van der Waals surface area (Å²) in [6.45, 7) is 5.68. The molecule has 0 radical (unpaired) electrons. The smallest absolute Gasteiger partial charge is 0.319 e. The second kappa shape index (κ2) is 8.80. The van der Waals surface area contributed by atoms with Crippen molar-refractivity contribution in [2.75, 3.05) is 25.1 Å². The van der Waals surface area contributed by atoms with Crippen LogP contribution >= 0.6 is 0 Å². The Morgan fingerprint density at radius 1 is 1.39 bits per heavy atom. The predicted molar refractivity (Wildman–Crippen MR) is 85.1 cm³/mol. The quantitative estimate of drug-likeness (QED) is 0.621. The highest BCUT2D eigenvalue weighted by molar-refractivity contribution is 7.89. The van der Waals surface area contributed by atoms with E-state index in [0.717, 1.165) is 12.1 Å². The molecule has 7 nitrogen and oxygen atoms in total. The van der Waals surface area contributed by atoms with E-state index in [4.69, 9.17) is 9.88 Å². The Hall–Kier alpha value is -1.71. The molecular formula is C14H22FN3O4S. The van der Waals surface area contributed by atoms with Crippen LogP contribution < -0.4 is 15.8 Å². The van der Waals surface area contributed by atoms with Crippen LogP contribution in [-0.4, -0.2) is 34.2 Å². The van der Waals surface area contributed by atoms with Crippen LogP contribution in [0.1, 0.15) is 20.3 Å². The van der Waals surface area contributed by atoms with Gasteiger partial charge in [-0.2, -0.15) is 0 Å². The first-order valence-corrected chi connectivity index (χ1v) is 8.69. The van der Waals surface area contributed by atoms with Crippen LogP contribution in [0.25, 0.3) is 0 Å². The number of rotatable bonds is 8. The van der Waals surface area contributed by atoms with E-state index in [9.17, 15) is 17.6 Å². The number of amides is 2. The highest BCUT2D eigenvalue weighted by Crippen LogP contribution is 2.18. The number of ether oxygens (including phenoxy) is 1. The topological polar surface area (TPSA) is 111 Å². The summed E-state index contributed by atoms with van der Waals surface area (Å²) in [7, 11) is -4.19. The van der Waals surface area contributed by atoms with Crippen molar-refractivity contribution in [3.8, 4) is 0 Å². The molecule has 1 rings (SSSR count). The SMILES string of the molecule is CC(C)COCCCNC(=O)Nc1ccc(F)c(S(N)(=O)=O)c1. The largest absolute Gasteiger partial charge is 0.381 e. The van der Waals surface area contributed by atoms with Gasteiger partial charge < -0.3 is 15.4 Å². The van der Waals surface area contributed by atoms with E-state index in [0.29, 0.717) is 32.1 Å². The molecule has 4 N–H and O–H groups in total. The molecule has 0 aliphatic heterocycles. The van der Waals surface area contributed by atoms with Crippen molar-refractivity contribution in [1.29, 1.82) is 0 Å². The van der Waals surface area contributed by atoms with E-state index in [1.807, 2.05) is 13.8 Å². The minimum absolute atomic E-state index is 0.129. The van der Waals surface area contributed by atoms with Gasteiger partial charge in [0, 0.05) is 25.4 Å². The summed E-state index contributed by atoms with van der Waals surface area (Å²) in [5, 5.41) is 9.90. The summed E-state index contributed by atoms with van der Waals surface area (Å²) in [4.78, 5) is 11.0. The van der Waals surface area contributed by atoms with Crippen LogP contribution in [0.2, 0.25) is 0 Å². The summed E-state index contributed by atoms with van der Waals surface area (Å²) >= 11 is 0. The fourth-order valence-corrected chi connectivity index (χ4v) is 2.30. The van der Waals surface area contributed by atoms with Crippen molar-refractivity contribution < 1.29 is 22.3 Å². The number of nitrogens with one attached hydrogen (secondary N) is 2. The molecule has 9 heteroatoms. The minimum Gasteiger partial charge on any atom is -0.381 e. The minimum atomic E-state index is -4.19. The lowest BCUT2D eigenvalue weighted by Crippen LogP contribution is -2.30. The second-order valence-corrected chi connectivity index (χ2v) is 6.92. The van der Waals surface area contributed by atoms with Crippen LogP contribution in [0.4, 0.5) is 14.9 Å². The number of urea groups is 1. The zero-order chi connectivity index (χ0) is 17.5. The molecule has 0 spiro atoms. The van der Waals surface area contributed by atoms with Crippen LogP contribution in [0.3, 0.4) is 0 Å². The molecule has 0 atom stereocenters. The third kappa shape index (κ3) is 7.40. The lowest BCUT2D eigenvalue weighted by atomic mass is 10.2. The molecule has 1 aromatic carbocycles. The van der Waals surface area contributed by atoms with Gasteiger partial charge in [-0.05, 0) is 30.5 Å². The summed E-state index contributed by atoms with van der Waals surface area (Å²) in [6.07, 6.45) is 0.645. The third-order valence-corrected chi connectivity index (χ3v) is 3.62. The molecular weight excluding hydrogens is 325 g/mol. The predicted octanol–water partition coefficient (Wildman–Crippen LogP) is 1.66. The van der Waals surface area contributed by atoms with Gasteiger partial charge in [0.1, 0.15) is 10.7 Å². The number of hydrogen-bond acceptors (Lipinski definition) is 4. The summed E-state index contributed by atoms with van der Waals surface area (Å²) in [5.74, 6) is -0.515. The standard InChI is InChI=1S/C14H22FN3O4S/c1-10(2)9-22-7-3-6-17-14(19)18-11-4-5-12(15)13(8-11)23(16,20)21/h4-5,8,10H,3,6-7,9H2,1-2H3,(H2,16,20,21)(H2,17,18,19). The number of sulfonamides is 1. The average molecular weight is 347 g/mol. The molecule has 0 aromatic heterocycles. The number of halogens is 1. The lowest BCUT2D eigenvalue weighted by Gasteiger charge is -2.10. The Morgan fingerprint density at radius 3 is 2.70 bits per heavy atom. The van der Waals surface area contributed by atoms with Crippen molar-refractivity contribution in [2.45, 2.75) is 25.2 Å². The van der Waals surface area contributed by atoms with Gasteiger partial charge in [0.15, 0.2) is 0 Å². The van der Waals surface area contributed by atoms with Crippen molar-refractivity contribution in [1.82, 2.24) is 5.32 Å². The second-order valence-electron chi connectivity index (χ2n) is 5.39. The molecule has 0 unspecified atom stereocenters. The molecule has 0 bridgehead atoms. The highest BCUT2D eigenvalue weighted by Gasteiger charge is 2.15. The Kier molecular flexibility index (Phi) is 7.40. The monoisotopic (exact) mass is 347 g/mol. The number of primary sulfonamides is 1. The highest BCUT2D eigenvalue weighted by atomic mass is 32.2. The first-order chi connectivity index (χ1) is 10.7. The van der Waals surface area contributed by atoms with Crippen LogP contribution in [0, 0.1) is 11.7 Å². The van der Waals surface area contributed by atoms with Gasteiger partial charge in [-0.3, -0.25) is 0 Å². The number of benzene rings is 1. The molecule has 0 fully saturated rings. The number of carbonyl (C=O) groups excluding carboxylic acids is 1. The van der Waals surface area contributed by atoms with Gasteiger partial charge in [-0.25, -0.2) is 22.7 Å². The molecule has 0 heterocycles. The van der Waals surface area contributed by atoms with E-state index < -0.39 is 26.8 Å². The van der Waals surface area contributed by atoms with Crippen LogP contribution in [0.5, 0.6) is 0 Å². The van der Waals surface area contributed by atoms with Gasteiger partial charge in [-0.15, -0.1) is 0 Å².